The number of hydrogen-bond acceptors (Lipinski definition) is 4. The Kier molecular flexibility index (Phi) is 7.41. The zero-order chi connectivity index (χ0) is 21.5. The fourth-order valence-electron chi connectivity index (χ4n) is 3.63. The standard InChI is InChI=1S/C23H28FN3O3/c1-26-22(28)14-17-9-12-27(13-10-17)23(29)20-15-19(6-7-21(20)24)30-18-4-2-16(3-5-18)8-11-25/h2-7,15,17H,8-14,25H2,1H3,(H,26,28). The first-order valence-electron chi connectivity index (χ1n) is 10.3. The van der Waals surface area contributed by atoms with Crippen molar-refractivity contribution in [1.29, 1.82) is 0 Å². The van der Waals surface area contributed by atoms with Crippen LogP contribution >= 0.6 is 0 Å². The van der Waals surface area contributed by atoms with Crippen LogP contribution in [-0.2, 0) is 11.2 Å². The molecule has 0 aliphatic carbocycles. The molecule has 1 heterocycles. The summed E-state index contributed by atoms with van der Waals surface area (Å²) in [5, 5.41) is 2.63. The fraction of sp³-hybridized carbons (Fsp3) is 0.391. The molecule has 2 aromatic carbocycles. The van der Waals surface area contributed by atoms with Crippen LogP contribution in [0, 0.1) is 11.7 Å². The summed E-state index contributed by atoms with van der Waals surface area (Å²) in [6.45, 7) is 1.59. The van der Waals surface area contributed by atoms with Crippen LogP contribution in [0.4, 0.5) is 4.39 Å². The maximum Gasteiger partial charge on any atom is 0.256 e. The molecule has 1 fully saturated rings. The van der Waals surface area contributed by atoms with Gasteiger partial charge in [-0.15, -0.1) is 0 Å². The topological polar surface area (TPSA) is 84.7 Å². The van der Waals surface area contributed by atoms with Gasteiger partial charge in [0.1, 0.15) is 17.3 Å². The Morgan fingerprint density at radius 1 is 1.13 bits per heavy atom. The highest BCUT2D eigenvalue weighted by molar-refractivity contribution is 5.95. The zero-order valence-corrected chi connectivity index (χ0v) is 17.2. The van der Waals surface area contributed by atoms with Crippen LogP contribution < -0.4 is 15.8 Å². The number of nitrogens with zero attached hydrogens (tertiary/aromatic N) is 1. The van der Waals surface area contributed by atoms with Crippen LogP contribution in [0.1, 0.15) is 35.2 Å². The highest BCUT2D eigenvalue weighted by atomic mass is 19.1. The van der Waals surface area contributed by atoms with Gasteiger partial charge in [0.25, 0.3) is 5.91 Å². The van der Waals surface area contributed by atoms with E-state index in [9.17, 15) is 14.0 Å². The van der Waals surface area contributed by atoms with Gasteiger partial charge in [-0.3, -0.25) is 9.59 Å². The second kappa shape index (κ2) is 10.2. The van der Waals surface area contributed by atoms with Gasteiger partial charge in [0.15, 0.2) is 0 Å². The van der Waals surface area contributed by atoms with Gasteiger partial charge in [0.05, 0.1) is 5.56 Å². The predicted octanol–water partition coefficient (Wildman–Crippen LogP) is 3.11. The lowest BCUT2D eigenvalue weighted by Gasteiger charge is -2.31. The molecule has 1 saturated heterocycles. The number of rotatable bonds is 7. The summed E-state index contributed by atoms with van der Waals surface area (Å²) in [5.41, 5.74) is 6.67. The Hall–Kier alpha value is -2.93. The van der Waals surface area contributed by atoms with Gasteiger partial charge in [-0.2, -0.15) is 0 Å². The van der Waals surface area contributed by atoms with Gasteiger partial charge in [-0.1, -0.05) is 12.1 Å². The minimum atomic E-state index is -0.571. The summed E-state index contributed by atoms with van der Waals surface area (Å²) in [4.78, 5) is 26.0. The van der Waals surface area contributed by atoms with E-state index in [1.807, 2.05) is 24.3 Å². The van der Waals surface area contributed by atoms with Crippen molar-refractivity contribution in [2.45, 2.75) is 25.7 Å². The third-order valence-corrected chi connectivity index (χ3v) is 5.41. The van der Waals surface area contributed by atoms with Crippen molar-refractivity contribution >= 4 is 11.8 Å². The number of carbonyl (C=O) groups is 2. The molecule has 0 aromatic heterocycles. The molecule has 0 saturated carbocycles. The van der Waals surface area contributed by atoms with E-state index in [0.29, 0.717) is 37.6 Å². The molecule has 0 atom stereocenters. The highest BCUT2D eigenvalue weighted by Crippen LogP contribution is 2.27. The minimum Gasteiger partial charge on any atom is -0.457 e. The number of hydrogen-bond donors (Lipinski definition) is 2. The van der Waals surface area contributed by atoms with Crippen LogP contribution in [0.15, 0.2) is 42.5 Å². The first-order chi connectivity index (χ1) is 14.5. The largest absolute Gasteiger partial charge is 0.457 e. The van der Waals surface area contributed by atoms with Gasteiger partial charge < -0.3 is 20.7 Å². The van der Waals surface area contributed by atoms with Crippen molar-refractivity contribution in [2.75, 3.05) is 26.7 Å². The van der Waals surface area contributed by atoms with Crippen molar-refractivity contribution < 1.29 is 18.7 Å². The van der Waals surface area contributed by atoms with E-state index in [1.165, 1.54) is 18.2 Å². The molecule has 160 valence electrons. The fourth-order valence-corrected chi connectivity index (χ4v) is 3.63. The van der Waals surface area contributed by atoms with Crippen molar-refractivity contribution in [3.8, 4) is 11.5 Å². The van der Waals surface area contributed by atoms with Crippen LogP contribution in [0.3, 0.4) is 0 Å². The first-order valence-corrected chi connectivity index (χ1v) is 10.3. The Morgan fingerprint density at radius 3 is 2.43 bits per heavy atom. The van der Waals surface area contributed by atoms with E-state index in [0.717, 1.165) is 24.8 Å². The van der Waals surface area contributed by atoms with Crippen molar-refractivity contribution in [3.05, 3.63) is 59.4 Å². The Bertz CT molecular complexity index is 878. The number of nitrogens with one attached hydrogen (secondary N) is 1. The molecular formula is C23H28FN3O3. The number of nitrogens with two attached hydrogens (primary N) is 1. The molecular weight excluding hydrogens is 385 g/mol. The SMILES string of the molecule is CNC(=O)CC1CCN(C(=O)c2cc(Oc3ccc(CCN)cc3)ccc2F)CC1. The Morgan fingerprint density at radius 2 is 1.80 bits per heavy atom. The minimum absolute atomic E-state index is 0.00277. The van der Waals surface area contributed by atoms with Crippen LogP contribution in [-0.4, -0.2) is 43.4 Å². The zero-order valence-electron chi connectivity index (χ0n) is 17.2. The summed E-state index contributed by atoms with van der Waals surface area (Å²) in [6.07, 6.45) is 2.70. The lowest BCUT2D eigenvalue weighted by molar-refractivity contribution is -0.121. The number of benzene rings is 2. The highest BCUT2D eigenvalue weighted by Gasteiger charge is 2.26. The van der Waals surface area contributed by atoms with Crippen LogP contribution in [0.5, 0.6) is 11.5 Å². The van der Waals surface area contributed by atoms with Gasteiger partial charge in [0, 0.05) is 26.6 Å². The van der Waals surface area contributed by atoms with Crippen molar-refractivity contribution in [2.24, 2.45) is 11.7 Å². The number of piperidine rings is 1. The maximum atomic E-state index is 14.4. The lowest BCUT2D eigenvalue weighted by atomic mass is 9.93. The summed E-state index contributed by atoms with van der Waals surface area (Å²) in [7, 11) is 1.62. The average Bonchev–Trinajstić information content (AvgIpc) is 2.76. The van der Waals surface area contributed by atoms with Gasteiger partial charge in [0.2, 0.25) is 5.91 Å². The van der Waals surface area contributed by atoms with E-state index in [4.69, 9.17) is 10.5 Å². The van der Waals surface area contributed by atoms with E-state index >= 15 is 0 Å². The molecule has 7 heteroatoms. The molecule has 0 radical (unpaired) electrons. The first kappa shape index (κ1) is 21.8. The summed E-state index contributed by atoms with van der Waals surface area (Å²) < 4.78 is 20.2. The second-order valence-corrected chi connectivity index (χ2v) is 7.54. The van der Waals surface area contributed by atoms with Gasteiger partial charge in [-0.25, -0.2) is 4.39 Å². The van der Waals surface area contributed by atoms with Crippen molar-refractivity contribution in [3.63, 3.8) is 0 Å². The predicted molar refractivity (Wildman–Crippen MR) is 113 cm³/mol. The molecule has 2 amide bonds. The van der Waals surface area contributed by atoms with E-state index < -0.39 is 5.82 Å². The number of halogens is 1. The Balaban J connectivity index is 1.64. The van der Waals surface area contributed by atoms with E-state index in [2.05, 4.69) is 5.32 Å². The van der Waals surface area contributed by atoms with Crippen LogP contribution in [0.2, 0.25) is 0 Å². The maximum absolute atomic E-state index is 14.4. The number of carbonyl (C=O) groups excluding carboxylic acids is 2. The molecule has 0 spiro atoms. The number of ether oxygens (including phenoxy) is 1. The lowest BCUT2D eigenvalue weighted by Crippen LogP contribution is -2.39. The third kappa shape index (κ3) is 5.57. The van der Waals surface area contributed by atoms with E-state index in [-0.39, 0.29) is 23.3 Å². The monoisotopic (exact) mass is 413 g/mol. The second-order valence-electron chi connectivity index (χ2n) is 7.54. The molecule has 3 N–H and O–H groups in total. The quantitative estimate of drug-likeness (QED) is 0.731. The molecule has 6 nitrogen and oxygen atoms in total. The average molecular weight is 413 g/mol. The molecule has 2 aromatic rings. The number of likely N-dealkylation sites (tertiary alicyclic amines) is 1. The van der Waals surface area contributed by atoms with Crippen LogP contribution in [0.25, 0.3) is 0 Å². The molecule has 3 rings (SSSR count). The number of amides is 2. The molecule has 1 aliphatic rings. The summed E-state index contributed by atoms with van der Waals surface area (Å²) in [6, 6.07) is 11.7. The van der Waals surface area contributed by atoms with Crippen molar-refractivity contribution in [1.82, 2.24) is 10.2 Å². The summed E-state index contributed by atoms with van der Waals surface area (Å²) in [5.74, 6) is 0.340. The molecule has 0 unspecified atom stereocenters. The molecule has 30 heavy (non-hydrogen) atoms. The third-order valence-electron chi connectivity index (χ3n) is 5.41. The Labute approximate surface area is 176 Å². The molecule has 0 bridgehead atoms. The van der Waals surface area contributed by atoms with Gasteiger partial charge in [-0.05, 0) is 67.6 Å². The smallest absolute Gasteiger partial charge is 0.256 e. The molecule has 1 aliphatic heterocycles. The normalized spacial score (nSPS) is 14.4. The van der Waals surface area contributed by atoms with Gasteiger partial charge >= 0.3 is 0 Å². The summed E-state index contributed by atoms with van der Waals surface area (Å²) >= 11 is 0. The van der Waals surface area contributed by atoms with E-state index in [1.54, 1.807) is 11.9 Å².